The molecule has 1 heterocycles. The van der Waals surface area contributed by atoms with E-state index in [4.69, 9.17) is 0 Å². The summed E-state index contributed by atoms with van der Waals surface area (Å²) in [5.74, 6) is 0. The Kier molecular flexibility index (Phi) is 8.16. The standard InChI is InChI=1S/C16H26N3PS/c1-6-8-14(9-7-2)19-15(20)13(5)21-16-11(3)12(4)17-10-18-16/h10,14,19-20H,5-9H2,1-4H3. The van der Waals surface area contributed by atoms with Gasteiger partial charge in [0, 0.05) is 27.6 Å². The third-order valence-electron chi connectivity index (χ3n) is 3.41. The van der Waals surface area contributed by atoms with E-state index in [1.54, 1.807) is 18.1 Å². The van der Waals surface area contributed by atoms with Crippen molar-refractivity contribution < 1.29 is 0 Å². The van der Waals surface area contributed by atoms with Gasteiger partial charge in [0.15, 0.2) is 0 Å². The average molecular weight is 323 g/mol. The highest BCUT2D eigenvalue weighted by molar-refractivity contribution is 8.04. The molecule has 116 valence electrons. The van der Waals surface area contributed by atoms with Gasteiger partial charge in [-0.15, -0.1) is 8.86 Å². The fourth-order valence-electron chi connectivity index (χ4n) is 2.06. The Hall–Kier alpha value is -0.700. The first-order valence-electron chi connectivity index (χ1n) is 7.49. The molecular weight excluding hydrogens is 297 g/mol. The highest BCUT2D eigenvalue weighted by atomic mass is 32.2. The minimum absolute atomic E-state index is 0.498. The smallest absolute Gasteiger partial charge is 0.116 e. The summed E-state index contributed by atoms with van der Waals surface area (Å²) in [6.07, 6.45) is 6.31. The summed E-state index contributed by atoms with van der Waals surface area (Å²) >= 11 is 1.58. The summed E-state index contributed by atoms with van der Waals surface area (Å²) < 4.78 is 0. The minimum atomic E-state index is 0.498. The molecule has 0 saturated carbocycles. The number of aromatic nitrogens is 2. The Morgan fingerprint density at radius 2 is 1.90 bits per heavy atom. The van der Waals surface area contributed by atoms with Gasteiger partial charge in [-0.25, -0.2) is 9.97 Å². The largest absolute Gasteiger partial charge is 0.281 e. The van der Waals surface area contributed by atoms with E-state index >= 15 is 0 Å². The molecule has 0 radical (unpaired) electrons. The van der Waals surface area contributed by atoms with Crippen molar-refractivity contribution in [1.29, 1.82) is 0 Å². The number of aryl methyl sites for hydroxylation is 1. The lowest BCUT2D eigenvalue weighted by atomic mass is 10.1. The molecule has 0 aromatic carbocycles. The summed E-state index contributed by atoms with van der Waals surface area (Å²) in [5, 5.41) is 4.50. The van der Waals surface area contributed by atoms with Gasteiger partial charge in [0.1, 0.15) is 11.4 Å². The first-order chi connectivity index (χ1) is 9.99. The molecule has 21 heavy (non-hydrogen) atoms. The highest BCUT2D eigenvalue weighted by Gasteiger charge is 2.12. The molecule has 0 aliphatic carbocycles. The van der Waals surface area contributed by atoms with E-state index in [0.717, 1.165) is 26.6 Å². The number of hydrogen-bond donors (Lipinski definition) is 1. The Balaban J connectivity index is 2.66. The molecule has 1 aromatic rings. The van der Waals surface area contributed by atoms with Crippen LogP contribution in [0.2, 0.25) is 0 Å². The van der Waals surface area contributed by atoms with E-state index in [1.807, 2.05) is 13.8 Å². The van der Waals surface area contributed by atoms with Gasteiger partial charge in [0.05, 0.1) is 0 Å². The normalized spacial score (nSPS) is 10.9. The van der Waals surface area contributed by atoms with Crippen molar-refractivity contribution in [3.63, 3.8) is 0 Å². The molecule has 0 aliphatic heterocycles. The van der Waals surface area contributed by atoms with Crippen molar-refractivity contribution >= 4 is 26.0 Å². The number of thioether (sulfide) groups is 1. The zero-order valence-corrected chi connectivity index (χ0v) is 15.3. The van der Waals surface area contributed by atoms with Gasteiger partial charge in [-0.1, -0.05) is 45.0 Å². The fourth-order valence-corrected chi connectivity index (χ4v) is 3.21. The van der Waals surface area contributed by atoms with Crippen LogP contribution in [0.4, 0.5) is 0 Å². The molecule has 0 unspecified atom stereocenters. The SMILES string of the molecule is C=C(Sc1ncnc(C)c1C)C(=P)NC(CCC)CCC. The molecule has 1 rings (SSSR count). The summed E-state index contributed by atoms with van der Waals surface area (Å²) in [5.41, 5.74) is 3.09. The molecule has 0 bridgehead atoms. The Morgan fingerprint density at radius 3 is 2.48 bits per heavy atom. The summed E-state index contributed by atoms with van der Waals surface area (Å²) in [6, 6.07) is 0.498. The molecule has 0 aliphatic rings. The maximum Gasteiger partial charge on any atom is 0.116 e. The van der Waals surface area contributed by atoms with Crippen LogP contribution in [0, 0.1) is 13.8 Å². The predicted molar refractivity (Wildman–Crippen MR) is 96.6 cm³/mol. The van der Waals surface area contributed by atoms with Crippen LogP contribution in [-0.4, -0.2) is 21.4 Å². The minimum Gasteiger partial charge on any atom is -0.281 e. The quantitative estimate of drug-likeness (QED) is 0.411. The molecule has 0 spiro atoms. The van der Waals surface area contributed by atoms with Crippen molar-refractivity contribution in [2.24, 2.45) is 0 Å². The number of rotatable bonds is 9. The van der Waals surface area contributed by atoms with Crippen LogP contribution in [0.15, 0.2) is 22.8 Å². The van der Waals surface area contributed by atoms with Crippen molar-refractivity contribution in [2.45, 2.75) is 64.4 Å². The zero-order valence-electron chi connectivity index (χ0n) is 13.5. The van der Waals surface area contributed by atoms with Gasteiger partial charge in [-0.2, -0.15) is 0 Å². The maximum atomic E-state index is 4.34. The van der Waals surface area contributed by atoms with Gasteiger partial charge in [-0.05, 0) is 26.7 Å². The predicted octanol–water partition coefficient (Wildman–Crippen LogP) is 4.53. The molecule has 5 heteroatoms. The first-order valence-corrected chi connectivity index (χ1v) is 8.81. The molecule has 0 atom stereocenters. The topological polar surface area (TPSA) is 37.8 Å². The van der Waals surface area contributed by atoms with E-state index in [-0.39, 0.29) is 0 Å². The van der Waals surface area contributed by atoms with Crippen LogP contribution in [0.1, 0.15) is 50.8 Å². The van der Waals surface area contributed by atoms with Crippen LogP contribution in [-0.2, 0) is 0 Å². The Morgan fingerprint density at radius 1 is 1.29 bits per heavy atom. The lowest BCUT2D eigenvalue weighted by Gasteiger charge is -2.19. The molecule has 0 fully saturated rings. The number of nitrogens with one attached hydrogen (secondary N) is 1. The van der Waals surface area contributed by atoms with Crippen molar-refractivity contribution in [2.75, 3.05) is 0 Å². The molecular formula is C16H26N3PS. The van der Waals surface area contributed by atoms with Crippen molar-refractivity contribution in [1.82, 2.24) is 15.3 Å². The van der Waals surface area contributed by atoms with Gasteiger partial charge >= 0.3 is 0 Å². The van der Waals surface area contributed by atoms with Gasteiger partial charge in [-0.3, -0.25) is 5.32 Å². The monoisotopic (exact) mass is 323 g/mol. The van der Waals surface area contributed by atoms with E-state index < -0.39 is 0 Å². The van der Waals surface area contributed by atoms with E-state index in [9.17, 15) is 0 Å². The number of hydrogen-bond acceptors (Lipinski definition) is 3. The second-order valence-electron chi connectivity index (χ2n) is 5.21. The summed E-state index contributed by atoms with van der Waals surface area (Å²) in [6.45, 7) is 12.6. The van der Waals surface area contributed by atoms with Gasteiger partial charge < -0.3 is 0 Å². The van der Waals surface area contributed by atoms with Crippen LogP contribution < -0.4 is 5.32 Å². The third kappa shape index (κ3) is 5.90. The van der Waals surface area contributed by atoms with Gasteiger partial charge in [0.25, 0.3) is 0 Å². The highest BCUT2D eigenvalue weighted by Crippen LogP contribution is 2.28. The van der Waals surface area contributed by atoms with Crippen molar-refractivity contribution in [3.8, 4) is 0 Å². The molecule has 1 N–H and O–H groups in total. The first kappa shape index (κ1) is 18.3. The number of nitrogens with zero attached hydrogens (tertiary/aromatic N) is 2. The van der Waals surface area contributed by atoms with E-state index in [2.05, 4.69) is 44.6 Å². The van der Waals surface area contributed by atoms with Crippen LogP contribution in [0.25, 0.3) is 0 Å². The van der Waals surface area contributed by atoms with Crippen LogP contribution in [0.5, 0.6) is 0 Å². The van der Waals surface area contributed by atoms with Gasteiger partial charge in [0.2, 0.25) is 0 Å². The van der Waals surface area contributed by atoms with Crippen LogP contribution >= 0.6 is 20.6 Å². The fraction of sp³-hybridized carbons (Fsp3) is 0.562. The molecule has 3 nitrogen and oxygen atoms in total. The van der Waals surface area contributed by atoms with Crippen LogP contribution in [0.3, 0.4) is 0 Å². The van der Waals surface area contributed by atoms with Crippen molar-refractivity contribution in [3.05, 3.63) is 29.1 Å². The lowest BCUT2D eigenvalue weighted by molar-refractivity contribution is 0.512. The Labute approximate surface area is 135 Å². The summed E-state index contributed by atoms with van der Waals surface area (Å²) in [4.78, 5) is 9.49. The lowest BCUT2D eigenvalue weighted by Crippen LogP contribution is -2.33. The van der Waals surface area contributed by atoms with E-state index in [0.29, 0.717) is 6.04 Å². The maximum absolute atomic E-state index is 4.34. The second kappa shape index (κ2) is 9.34. The van der Waals surface area contributed by atoms with E-state index in [1.165, 1.54) is 25.7 Å². The second-order valence-corrected chi connectivity index (χ2v) is 6.79. The zero-order chi connectivity index (χ0) is 15.8. The Bertz CT molecular complexity index is 496. The third-order valence-corrected chi connectivity index (χ3v) is 5.09. The average Bonchev–Trinajstić information content (AvgIpc) is 2.44. The molecule has 0 amide bonds. The molecule has 0 saturated heterocycles. The molecule has 1 aromatic heterocycles. The summed E-state index contributed by atoms with van der Waals surface area (Å²) in [7, 11) is 3.68.